The molecule has 6 heteroatoms. The molecular formula is C27H28N4O2. The van der Waals surface area contributed by atoms with E-state index < -0.39 is 0 Å². The molecule has 33 heavy (non-hydrogen) atoms. The number of fused-ring (bicyclic) bond motifs is 1. The van der Waals surface area contributed by atoms with Crippen molar-refractivity contribution in [1.29, 1.82) is 0 Å². The van der Waals surface area contributed by atoms with Crippen molar-refractivity contribution in [1.82, 2.24) is 15.2 Å². The van der Waals surface area contributed by atoms with Crippen molar-refractivity contribution in [2.24, 2.45) is 4.99 Å². The zero-order valence-corrected chi connectivity index (χ0v) is 19.1. The third-order valence-electron chi connectivity index (χ3n) is 5.61. The Morgan fingerprint density at radius 2 is 1.67 bits per heavy atom. The van der Waals surface area contributed by atoms with E-state index in [1.807, 2.05) is 25.1 Å². The van der Waals surface area contributed by atoms with Crippen molar-refractivity contribution in [3.63, 3.8) is 0 Å². The topological polar surface area (TPSA) is 80.7 Å². The number of aromatic hydroxyl groups is 1. The molecule has 0 atom stereocenters. The van der Waals surface area contributed by atoms with Gasteiger partial charge in [0.05, 0.1) is 17.0 Å². The molecule has 0 spiro atoms. The van der Waals surface area contributed by atoms with Crippen LogP contribution >= 0.6 is 0 Å². The Bertz CT molecular complexity index is 1290. The molecule has 168 valence electrons. The van der Waals surface area contributed by atoms with Crippen LogP contribution in [0.5, 0.6) is 5.88 Å². The molecule has 6 nitrogen and oxygen atoms in total. The lowest BCUT2D eigenvalue weighted by molar-refractivity contribution is 0.0963. The van der Waals surface area contributed by atoms with Crippen molar-refractivity contribution in [3.8, 4) is 5.88 Å². The molecule has 1 heterocycles. The number of hydrogen-bond acceptors (Lipinski definition) is 4. The summed E-state index contributed by atoms with van der Waals surface area (Å²) in [5.41, 5.74) is 5.84. The molecule has 4 aromatic rings. The second kappa shape index (κ2) is 9.71. The van der Waals surface area contributed by atoms with Crippen LogP contribution in [0.3, 0.4) is 0 Å². The maximum Gasteiger partial charge on any atom is 0.251 e. The molecule has 4 rings (SSSR count). The van der Waals surface area contributed by atoms with Gasteiger partial charge in [0, 0.05) is 36.6 Å². The smallest absolute Gasteiger partial charge is 0.251 e. The third-order valence-corrected chi connectivity index (χ3v) is 5.61. The van der Waals surface area contributed by atoms with Crippen LogP contribution in [0.4, 0.5) is 5.69 Å². The number of benzene rings is 3. The van der Waals surface area contributed by atoms with Crippen LogP contribution in [0, 0.1) is 0 Å². The Hall–Kier alpha value is -3.90. The van der Waals surface area contributed by atoms with E-state index in [9.17, 15) is 9.90 Å². The van der Waals surface area contributed by atoms with E-state index in [0.29, 0.717) is 16.8 Å². The molecule has 3 aromatic carbocycles. The van der Waals surface area contributed by atoms with Crippen LogP contribution < -0.4 is 5.32 Å². The van der Waals surface area contributed by atoms with Crippen LogP contribution in [0.2, 0.25) is 0 Å². The minimum Gasteiger partial charge on any atom is -0.494 e. The van der Waals surface area contributed by atoms with Crippen LogP contribution in [0.15, 0.2) is 77.8 Å². The number of aromatic amines is 1. The molecule has 0 aliphatic rings. The molecule has 0 aliphatic carbocycles. The Kier molecular flexibility index (Phi) is 6.56. The zero-order valence-electron chi connectivity index (χ0n) is 19.1. The molecule has 1 amide bonds. The van der Waals surface area contributed by atoms with Gasteiger partial charge in [0.1, 0.15) is 0 Å². The first kappa shape index (κ1) is 22.3. The van der Waals surface area contributed by atoms with Gasteiger partial charge in [-0.3, -0.25) is 14.7 Å². The zero-order chi connectivity index (χ0) is 23.4. The Labute approximate surface area is 193 Å². The summed E-state index contributed by atoms with van der Waals surface area (Å²) in [4.78, 5) is 22.0. The van der Waals surface area contributed by atoms with Crippen LogP contribution in [-0.2, 0) is 13.1 Å². The van der Waals surface area contributed by atoms with E-state index in [1.165, 1.54) is 11.1 Å². The van der Waals surface area contributed by atoms with Crippen LogP contribution in [0.25, 0.3) is 10.9 Å². The molecule has 0 radical (unpaired) electrons. The van der Waals surface area contributed by atoms with Crippen molar-refractivity contribution in [2.45, 2.75) is 20.0 Å². The Morgan fingerprint density at radius 3 is 2.33 bits per heavy atom. The molecule has 0 aliphatic heterocycles. The fourth-order valence-corrected chi connectivity index (χ4v) is 4.02. The molecule has 1 aromatic heterocycles. The lowest BCUT2D eigenvalue weighted by Crippen LogP contribution is -2.17. The fraction of sp³-hybridized carbons (Fsp3) is 0.185. The van der Waals surface area contributed by atoms with Crippen LogP contribution in [0.1, 0.15) is 34.0 Å². The van der Waals surface area contributed by atoms with Gasteiger partial charge in [0.25, 0.3) is 5.91 Å². The first-order valence-electron chi connectivity index (χ1n) is 10.9. The van der Waals surface area contributed by atoms with E-state index in [4.69, 9.17) is 4.99 Å². The summed E-state index contributed by atoms with van der Waals surface area (Å²) in [6.45, 7) is 3.58. The summed E-state index contributed by atoms with van der Waals surface area (Å²) in [6.07, 6.45) is 0. The van der Waals surface area contributed by atoms with E-state index in [1.54, 1.807) is 25.2 Å². The van der Waals surface area contributed by atoms with E-state index in [0.717, 1.165) is 29.7 Å². The minimum atomic E-state index is -0.175. The largest absolute Gasteiger partial charge is 0.494 e. The van der Waals surface area contributed by atoms with Crippen molar-refractivity contribution < 1.29 is 9.90 Å². The van der Waals surface area contributed by atoms with Gasteiger partial charge in [0.2, 0.25) is 0 Å². The van der Waals surface area contributed by atoms with Crippen molar-refractivity contribution >= 4 is 28.2 Å². The summed E-state index contributed by atoms with van der Waals surface area (Å²) >= 11 is 0. The number of rotatable bonds is 7. The number of hydrogen-bond donors (Lipinski definition) is 3. The highest BCUT2D eigenvalue weighted by Crippen LogP contribution is 2.30. The number of aliphatic imine (C=N–C) groups is 1. The average molecular weight is 441 g/mol. The predicted molar refractivity (Wildman–Crippen MR) is 133 cm³/mol. The summed E-state index contributed by atoms with van der Waals surface area (Å²) in [6, 6.07) is 23.8. The van der Waals surface area contributed by atoms with Gasteiger partial charge >= 0.3 is 0 Å². The minimum absolute atomic E-state index is 0.0412. The van der Waals surface area contributed by atoms with Gasteiger partial charge in [-0.1, -0.05) is 42.5 Å². The standard InChI is InChI=1S/C27H28N4O2/c1-18(25-23-15-21(26(32)28-2)11-14-24(23)30-27(25)33)29-22-12-9-20(10-13-22)17-31(3)16-19-7-5-4-6-8-19/h4-15,30,33H,16-17H2,1-3H3,(H,28,32). The molecular weight excluding hydrogens is 412 g/mol. The monoisotopic (exact) mass is 440 g/mol. The van der Waals surface area contributed by atoms with E-state index in [-0.39, 0.29) is 11.8 Å². The number of nitrogens with zero attached hydrogens (tertiary/aromatic N) is 2. The maximum atomic E-state index is 12.0. The van der Waals surface area contributed by atoms with Gasteiger partial charge < -0.3 is 15.4 Å². The molecule has 0 fully saturated rings. The average Bonchev–Trinajstić information content (AvgIpc) is 3.15. The molecule has 0 saturated carbocycles. The third kappa shape index (κ3) is 5.13. The first-order valence-corrected chi connectivity index (χ1v) is 10.9. The summed E-state index contributed by atoms with van der Waals surface area (Å²) in [7, 11) is 3.70. The molecule has 0 unspecified atom stereocenters. The molecule has 0 bridgehead atoms. The number of amides is 1. The quantitative estimate of drug-likeness (QED) is 0.354. The summed E-state index contributed by atoms with van der Waals surface area (Å²) in [5, 5.41) is 13.9. The van der Waals surface area contributed by atoms with Crippen molar-refractivity contribution in [2.75, 3.05) is 14.1 Å². The van der Waals surface area contributed by atoms with Gasteiger partial charge in [-0.05, 0) is 55.4 Å². The maximum absolute atomic E-state index is 12.0. The van der Waals surface area contributed by atoms with Crippen molar-refractivity contribution in [3.05, 3.63) is 95.1 Å². The highest BCUT2D eigenvalue weighted by Gasteiger charge is 2.16. The lowest BCUT2D eigenvalue weighted by atomic mass is 10.1. The predicted octanol–water partition coefficient (Wildman–Crippen LogP) is 5.01. The summed E-state index contributed by atoms with van der Waals surface area (Å²) in [5.74, 6) is -0.134. The number of nitrogens with one attached hydrogen (secondary N) is 2. The number of aromatic nitrogens is 1. The van der Waals surface area contributed by atoms with Crippen LogP contribution in [-0.4, -0.2) is 40.7 Å². The SMILES string of the molecule is CNC(=O)c1ccc2[nH]c(O)c(C(C)=Nc3ccc(CN(C)Cc4ccccc4)cc3)c2c1. The van der Waals surface area contributed by atoms with Gasteiger partial charge in [-0.15, -0.1) is 0 Å². The number of H-pyrrole nitrogens is 1. The summed E-state index contributed by atoms with van der Waals surface area (Å²) < 4.78 is 0. The Morgan fingerprint density at radius 1 is 1.00 bits per heavy atom. The van der Waals surface area contributed by atoms with Gasteiger partial charge in [-0.2, -0.15) is 0 Å². The fourth-order valence-electron chi connectivity index (χ4n) is 4.02. The molecule has 0 saturated heterocycles. The number of carbonyl (C=O) groups excluding carboxylic acids is 1. The van der Waals surface area contributed by atoms with E-state index >= 15 is 0 Å². The normalized spacial score (nSPS) is 11.8. The Balaban J connectivity index is 1.52. The highest BCUT2D eigenvalue weighted by atomic mass is 16.3. The van der Waals surface area contributed by atoms with E-state index in [2.05, 4.69) is 58.6 Å². The van der Waals surface area contributed by atoms with Gasteiger partial charge in [0.15, 0.2) is 5.88 Å². The second-order valence-corrected chi connectivity index (χ2v) is 8.21. The highest BCUT2D eigenvalue weighted by molar-refractivity contribution is 6.13. The number of carbonyl (C=O) groups is 1. The lowest BCUT2D eigenvalue weighted by Gasteiger charge is -2.17. The first-order chi connectivity index (χ1) is 15.9. The van der Waals surface area contributed by atoms with Gasteiger partial charge in [-0.25, -0.2) is 0 Å². The second-order valence-electron chi connectivity index (χ2n) is 8.21. The molecule has 3 N–H and O–H groups in total.